The Hall–Kier alpha value is -3.75. The Kier molecular flexibility index (Phi) is 37.5. The Labute approximate surface area is 354 Å². The second-order valence-corrected chi connectivity index (χ2v) is 15.6. The zero-order valence-corrected chi connectivity index (χ0v) is 37.2. The highest BCUT2D eigenvalue weighted by Crippen LogP contribution is 2.11. The largest absolute Gasteiger partial charge is 0.477 e. The number of carbonyl (C=O) groups is 3. The van der Waals surface area contributed by atoms with E-state index in [2.05, 4.69) is 105 Å². The zero-order valence-electron chi connectivity index (χ0n) is 37.2. The van der Waals surface area contributed by atoms with Crippen molar-refractivity contribution < 1.29 is 38.2 Å². The van der Waals surface area contributed by atoms with Crippen molar-refractivity contribution in [2.24, 2.45) is 0 Å². The van der Waals surface area contributed by atoms with E-state index in [1.54, 1.807) is 0 Å². The normalized spacial score (nSPS) is 13.9. The number of ether oxygens (including phenoxy) is 3. The van der Waals surface area contributed by atoms with Crippen molar-refractivity contribution in [3.05, 3.63) is 97.2 Å². The van der Waals surface area contributed by atoms with E-state index in [0.717, 1.165) is 64.2 Å². The first kappa shape index (κ1) is 54.2. The van der Waals surface area contributed by atoms with Crippen molar-refractivity contribution in [1.82, 2.24) is 0 Å². The molecule has 0 amide bonds. The van der Waals surface area contributed by atoms with Gasteiger partial charge in [0.15, 0.2) is 12.1 Å². The van der Waals surface area contributed by atoms with Gasteiger partial charge in [0.05, 0.1) is 34.4 Å². The summed E-state index contributed by atoms with van der Waals surface area (Å²) in [6.07, 6.45) is 53.3. The average Bonchev–Trinajstić information content (AvgIpc) is 3.18. The van der Waals surface area contributed by atoms with Gasteiger partial charge in [-0.15, -0.1) is 0 Å². The highest BCUT2D eigenvalue weighted by Gasteiger charge is 2.31. The maximum atomic E-state index is 12.7. The van der Waals surface area contributed by atoms with Crippen LogP contribution >= 0.6 is 0 Å². The monoisotopic (exact) mass is 809 g/mol. The fourth-order valence-electron chi connectivity index (χ4n) is 5.79. The molecule has 2 atom stereocenters. The number of unbranched alkanes of at least 4 members (excludes halogenated alkanes) is 8. The van der Waals surface area contributed by atoms with Crippen molar-refractivity contribution in [2.45, 2.75) is 161 Å². The third kappa shape index (κ3) is 37.8. The molecule has 2 unspecified atom stereocenters. The molecular weight excluding hydrogens is 727 g/mol. The topological polar surface area (TPSA) is 99.1 Å². The summed E-state index contributed by atoms with van der Waals surface area (Å²) >= 11 is 0. The van der Waals surface area contributed by atoms with Gasteiger partial charge in [-0.1, -0.05) is 143 Å². The van der Waals surface area contributed by atoms with E-state index in [1.807, 2.05) is 27.2 Å². The molecule has 0 aromatic carbocycles. The number of hydrogen-bond donors (Lipinski definition) is 1. The minimum atomic E-state index is -0.893. The molecule has 0 aliphatic carbocycles. The van der Waals surface area contributed by atoms with Crippen molar-refractivity contribution >= 4 is 17.9 Å². The van der Waals surface area contributed by atoms with Gasteiger partial charge >= 0.3 is 17.9 Å². The fourth-order valence-corrected chi connectivity index (χ4v) is 5.79. The van der Waals surface area contributed by atoms with Gasteiger partial charge in [-0.2, -0.15) is 0 Å². The van der Waals surface area contributed by atoms with Gasteiger partial charge < -0.3 is 23.8 Å². The molecule has 0 saturated heterocycles. The molecule has 0 aromatic rings. The van der Waals surface area contributed by atoms with E-state index >= 15 is 0 Å². The van der Waals surface area contributed by atoms with E-state index < -0.39 is 18.1 Å². The average molecular weight is 809 g/mol. The van der Waals surface area contributed by atoms with Gasteiger partial charge in [0.25, 0.3) is 0 Å². The van der Waals surface area contributed by atoms with Gasteiger partial charge in [0.1, 0.15) is 6.61 Å². The number of esters is 2. The molecule has 0 aliphatic rings. The van der Waals surface area contributed by atoms with Crippen LogP contribution in [0.5, 0.6) is 0 Å². The first-order chi connectivity index (χ1) is 28.1. The van der Waals surface area contributed by atoms with Crippen molar-refractivity contribution in [2.75, 3.05) is 41.0 Å². The van der Waals surface area contributed by atoms with Crippen LogP contribution < -0.4 is 0 Å². The first-order valence-corrected chi connectivity index (χ1v) is 22.3. The molecule has 0 spiro atoms. The van der Waals surface area contributed by atoms with Gasteiger partial charge in [0.2, 0.25) is 0 Å². The van der Waals surface area contributed by atoms with E-state index in [1.165, 1.54) is 38.5 Å². The smallest absolute Gasteiger partial charge is 0.362 e. The number of hydrogen-bond acceptors (Lipinski definition) is 6. The predicted octanol–water partition coefficient (Wildman–Crippen LogP) is 12.3. The number of carbonyl (C=O) groups excluding carboxylic acids is 2. The molecule has 8 nitrogen and oxygen atoms in total. The summed E-state index contributed by atoms with van der Waals surface area (Å²) in [4.78, 5) is 36.9. The minimum Gasteiger partial charge on any atom is -0.477 e. The molecule has 8 heteroatoms. The van der Waals surface area contributed by atoms with Gasteiger partial charge in [-0.05, 0) is 83.5 Å². The molecule has 328 valence electrons. The number of allylic oxidation sites excluding steroid dienone is 16. The highest BCUT2D eigenvalue weighted by molar-refractivity contribution is 5.72. The van der Waals surface area contributed by atoms with Crippen LogP contribution in [-0.2, 0) is 28.6 Å². The SMILES string of the molecule is CC/C=C/C/C=C/C/C=C/C/C=C/C/C=C/C/C=C/CCCCC(=O)OCC(COCCC(C(=O)O)[N+](C)(C)C)OC(=O)CC/C=C/C/C=C/CCCCCCCC. The molecule has 0 bridgehead atoms. The van der Waals surface area contributed by atoms with E-state index in [4.69, 9.17) is 14.2 Å². The molecular formula is C50H82NO7+. The van der Waals surface area contributed by atoms with Crippen LogP contribution in [0.2, 0.25) is 0 Å². The number of quaternary nitrogens is 1. The molecule has 0 rings (SSSR count). The minimum absolute atomic E-state index is 0.0183. The van der Waals surface area contributed by atoms with E-state index in [0.29, 0.717) is 19.3 Å². The maximum absolute atomic E-state index is 12.7. The van der Waals surface area contributed by atoms with Crippen LogP contribution in [-0.4, -0.2) is 80.6 Å². The summed E-state index contributed by atoms with van der Waals surface area (Å²) in [5.41, 5.74) is 0. The van der Waals surface area contributed by atoms with Gasteiger partial charge in [-0.25, -0.2) is 4.79 Å². The third-order valence-corrected chi connectivity index (χ3v) is 9.23. The summed E-state index contributed by atoms with van der Waals surface area (Å²) in [5.74, 6) is -1.62. The van der Waals surface area contributed by atoms with Gasteiger partial charge in [0, 0.05) is 19.3 Å². The third-order valence-electron chi connectivity index (χ3n) is 9.23. The summed E-state index contributed by atoms with van der Waals surface area (Å²) in [6.45, 7) is 4.48. The molecule has 0 aliphatic heterocycles. The number of carboxylic acids is 1. The number of likely N-dealkylation sites (N-methyl/N-ethyl adjacent to an activating group) is 1. The summed E-state index contributed by atoms with van der Waals surface area (Å²) in [6, 6.07) is -0.635. The number of rotatable bonds is 38. The quantitative estimate of drug-likeness (QED) is 0.0287. The Balaban J connectivity index is 4.48. The number of nitrogens with zero attached hydrogens (tertiary/aromatic N) is 1. The lowest BCUT2D eigenvalue weighted by Gasteiger charge is -2.31. The Morgan fingerprint density at radius 1 is 0.534 bits per heavy atom. The van der Waals surface area contributed by atoms with Crippen LogP contribution in [0.25, 0.3) is 0 Å². The second kappa shape index (κ2) is 40.0. The van der Waals surface area contributed by atoms with Gasteiger partial charge in [-0.3, -0.25) is 9.59 Å². The van der Waals surface area contributed by atoms with E-state index in [-0.39, 0.29) is 49.1 Å². The summed E-state index contributed by atoms with van der Waals surface area (Å²) in [5, 5.41) is 9.61. The zero-order chi connectivity index (χ0) is 42.8. The van der Waals surface area contributed by atoms with Crippen LogP contribution in [0.1, 0.15) is 149 Å². The Morgan fingerprint density at radius 3 is 1.50 bits per heavy atom. The lowest BCUT2D eigenvalue weighted by Crippen LogP contribution is -2.50. The molecule has 58 heavy (non-hydrogen) atoms. The summed E-state index contributed by atoms with van der Waals surface area (Å²) < 4.78 is 17.1. The van der Waals surface area contributed by atoms with Crippen molar-refractivity contribution in [1.29, 1.82) is 0 Å². The number of aliphatic carboxylic acids is 1. The van der Waals surface area contributed by atoms with Crippen molar-refractivity contribution in [3.63, 3.8) is 0 Å². The molecule has 0 radical (unpaired) electrons. The highest BCUT2D eigenvalue weighted by atomic mass is 16.6. The lowest BCUT2D eigenvalue weighted by atomic mass is 10.1. The van der Waals surface area contributed by atoms with Crippen molar-refractivity contribution in [3.8, 4) is 0 Å². The molecule has 1 N–H and O–H groups in total. The lowest BCUT2D eigenvalue weighted by molar-refractivity contribution is -0.887. The molecule has 0 heterocycles. The second-order valence-electron chi connectivity index (χ2n) is 15.6. The molecule has 0 fully saturated rings. The van der Waals surface area contributed by atoms with Crippen LogP contribution in [0.15, 0.2) is 97.2 Å². The van der Waals surface area contributed by atoms with E-state index in [9.17, 15) is 19.5 Å². The predicted molar refractivity (Wildman–Crippen MR) is 243 cm³/mol. The Bertz CT molecular complexity index is 1260. The number of carboxylic acid groups (broad SMARTS) is 1. The van der Waals surface area contributed by atoms with Crippen LogP contribution in [0.4, 0.5) is 0 Å². The molecule has 0 saturated carbocycles. The Morgan fingerprint density at radius 2 is 1.00 bits per heavy atom. The van der Waals surface area contributed by atoms with Crippen LogP contribution in [0, 0.1) is 0 Å². The standard InChI is InChI=1S/C50H81NO7/c1-6-8-10-12-14-16-18-20-21-22-23-24-25-26-27-29-30-32-34-36-38-40-48(52)57-45-46(44-56-43-42-47(50(54)55)51(3,4)5)58-49(53)41-39-37-35-33-31-28-19-17-15-13-11-9-7-2/h8,10,14,16,20-21,23-24,26-28,30-32,35,37,46-47H,6-7,9,11-13,15,17-19,22,25,29,33-34,36,38-45H2,1-5H3/p+1/b10-8+,16-14+,21-20+,24-23+,27-26+,31-28+,32-30+,37-35+. The van der Waals surface area contributed by atoms with Crippen LogP contribution in [0.3, 0.4) is 0 Å². The molecule has 0 aromatic heterocycles. The maximum Gasteiger partial charge on any atom is 0.362 e. The fraction of sp³-hybridized carbons (Fsp3) is 0.620. The first-order valence-electron chi connectivity index (χ1n) is 22.3. The summed E-state index contributed by atoms with van der Waals surface area (Å²) in [7, 11) is 5.48.